The smallest absolute Gasteiger partial charge is 0.303 e. The molecule has 0 saturated heterocycles. The van der Waals surface area contributed by atoms with Gasteiger partial charge in [-0.1, -0.05) is 57.2 Å². The van der Waals surface area contributed by atoms with Crippen LogP contribution in [0.4, 0.5) is 0 Å². The van der Waals surface area contributed by atoms with Gasteiger partial charge in [0.15, 0.2) is 5.78 Å². The molecule has 0 aromatic carbocycles. The van der Waals surface area contributed by atoms with E-state index in [0.717, 1.165) is 44.9 Å². The van der Waals surface area contributed by atoms with E-state index >= 15 is 0 Å². The third-order valence-corrected chi connectivity index (χ3v) is 3.11. The molecule has 0 spiro atoms. The number of hydrogen-bond donors (Lipinski definition) is 1. The van der Waals surface area contributed by atoms with Gasteiger partial charge in [0.05, 0.1) is 4.11 Å². The van der Waals surface area contributed by atoms with Gasteiger partial charge in [-0.15, -0.1) is 0 Å². The molecule has 3 nitrogen and oxygen atoms in total. The third-order valence-electron chi connectivity index (χ3n) is 3.11. The summed E-state index contributed by atoms with van der Waals surface area (Å²) in [5.41, 5.74) is 0. The molecule has 0 heterocycles. The average molecular weight is 297 g/mol. The van der Waals surface area contributed by atoms with Crippen molar-refractivity contribution < 1.29 is 18.8 Å². The van der Waals surface area contributed by atoms with Gasteiger partial charge in [0.1, 0.15) is 0 Å². The van der Waals surface area contributed by atoms with Crippen molar-refractivity contribution in [2.45, 2.75) is 77.6 Å². The van der Waals surface area contributed by atoms with Crippen molar-refractivity contribution in [1.82, 2.24) is 0 Å². The summed E-state index contributed by atoms with van der Waals surface area (Å²) in [5, 5.41) is 8.52. The molecular weight excluding hydrogens is 264 g/mol. The van der Waals surface area contributed by atoms with Crippen LogP contribution in [0, 0.1) is 0 Å². The topological polar surface area (TPSA) is 54.4 Å². The third kappa shape index (κ3) is 16.6. The molecular formula is C18H30O3. The van der Waals surface area contributed by atoms with Gasteiger partial charge in [0.25, 0.3) is 0 Å². The first-order valence-electron chi connectivity index (χ1n) is 9.48. The van der Waals surface area contributed by atoms with E-state index < -0.39 is 5.97 Å². The molecule has 120 valence electrons. The van der Waals surface area contributed by atoms with Crippen LogP contribution >= 0.6 is 0 Å². The van der Waals surface area contributed by atoms with Crippen LogP contribution in [0.25, 0.3) is 0 Å². The summed E-state index contributed by atoms with van der Waals surface area (Å²) in [6.45, 7) is 2.05. The van der Waals surface area contributed by atoms with Gasteiger partial charge in [0, 0.05) is 12.8 Å². The summed E-state index contributed by atoms with van der Waals surface area (Å²) in [4.78, 5) is 22.1. The lowest BCUT2D eigenvalue weighted by Gasteiger charge is -1.97. The SMILES string of the molecule is [2H]C(/C=C(\[2H])C(=O)CCCCC)=C(\[2H])CCCCCCCC(=O)O. The van der Waals surface area contributed by atoms with Crippen LogP contribution in [0.3, 0.4) is 0 Å². The minimum atomic E-state index is -0.771. The Kier molecular flexibility index (Phi) is 10.4. The van der Waals surface area contributed by atoms with Gasteiger partial charge < -0.3 is 5.11 Å². The van der Waals surface area contributed by atoms with E-state index in [9.17, 15) is 9.59 Å². The van der Waals surface area contributed by atoms with Crippen LogP contribution < -0.4 is 0 Å². The average Bonchev–Trinajstić information content (AvgIpc) is 2.53. The Hall–Kier alpha value is -1.38. The fourth-order valence-corrected chi connectivity index (χ4v) is 1.87. The number of unbranched alkanes of at least 4 members (excludes halogenated alkanes) is 6. The number of carboxylic acids is 1. The van der Waals surface area contributed by atoms with Crippen LogP contribution in [-0.2, 0) is 9.59 Å². The zero-order valence-electron chi connectivity index (χ0n) is 16.1. The van der Waals surface area contributed by atoms with E-state index in [4.69, 9.17) is 9.22 Å². The molecule has 0 rings (SSSR count). The zero-order valence-corrected chi connectivity index (χ0v) is 13.1. The van der Waals surface area contributed by atoms with Crippen molar-refractivity contribution >= 4 is 11.8 Å². The number of allylic oxidation sites excluding steroid dienone is 4. The number of carbonyl (C=O) groups excluding carboxylic acids is 1. The molecule has 1 N–H and O–H groups in total. The first-order valence-corrected chi connectivity index (χ1v) is 7.98. The second kappa shape index (κ2) is 15.0. The Morgan fingerprint density at radius 1 is 1.00 bits per heavy atom. The van der Waals surface area contributed by atoms with Gasteiger partial charge in [-0.25, -0.2) is 0 Å². The molecule has 0 bridgehead atoms. The molecule has 3 heteroatoms. The molecule has 0 aromatic rings. The lowest BCUT2D eigenvalue weighted by atomic mass is 10.1. The van der Waals surface area contributed by atoms with Crippen molar-refractivity contribution in [2.24, 2.45) is 0 Å². The Balaban J connectivity index is 4.11. The second-order valence-electron chi connectivity index (χ2n) is 5.15. The van der Waals surface area contributed by atoms with Crippen molar-refractivity contribution in [3.63, 3.8) is 0 Å². The Morgan fingerprint density at radius 3 is 2.38 bits per heavy atom. The predicted molar refractivity (Wildman–Crippen MR) is 87.4 cm³/mol. The normalized spacial score (nSPS) is 14.9. The maximum absolute atomic E-state index is 11.7. The minimum Gasteiger partial charge on any atom is -0.481 e. The fourth-order valence-electron chi connectivity index (χ4n) is 1.87. The highest BCUT2D eigenvalue weighted by atomic mass is 16.4. The maximum Gasteiger partial charge on any atom is 0.303 e. The van der Waals surface area contributed by atoms with E-state index in [2.05, 4.69) is 0 Å². The zero-order chi connectivity index (χ0) is 18.4. The summed E-state index contributed by atoms with van der Waals surface area (Å²) in [6.07, 6.45) is 9.01. The number of ketones is 1. The first-order chi connectivity index (χ1) is 11.4. The van der Waals surface area contributed by atoms with Gasteiger partial charge >= 0.3 is 5.97 Å². The van der Waals surface area contributed by atoms with E-state index in [0.29, 0.717) is 19.3 Å². The highest BCUT2D eigenvalue weighted by molar-refractivity contribution is 5.89. The van der Waals surface area contributed by atoms with E-state index in [1.807, 2.05) is 6.92 Å². The molecule has 0 atom stereocenters. The van der Waals surface area contributed by atoms with Crippen LogP contribution in [0.5, 0.6) is 0 Å². The molecule has 21 heavy (non-hydrogen) atoms. The van der Waals surface area contributed by atoms with Crippen molar-refractivity contribution in [3.05, 3.63) is 24.2 Å². The number of aliphatic carboxylic acids is 1. The monoisotopic (exact) mass is 297 g/mol. The first kappa shape index (κ1) is 14.6. The molecule has 0 unspecified atom stereocenters. The summed E-state index contributed by atoms with van der Waals surface area (Å²) < 4.78 is 23.3. The van der Waals surface area contributed by atoms with Gasteiger partial charge in [0.2, 0.25) is 0 Å². The summed E-state index contributed by atoms with van der Waals surface area (Å²) in [6, 6.07) is -0.101. The van der Waals surface area contributed by atoms with Crippen LogP contribution in [0.15, 0.2) is 24.2 Å². The molecule has 0 aromatic heterocycles. The quantitative estimate of drug-likeness (QED) is 0.277. The van der Waals surface area contributed by atoms with E-state index in [1.54, 1.807) is 0 Å². The number of carbonyl (C=O) groups is 2. The Labute approximate surface area is 133 Å². The van der Waals surface area contributed by atoms with Crippen LogP contribution in [0.2, 0.25) is 0 Å². The van der Waals surface area contributed by atoms with E-state index in [-0.39, 0.29) is 30.4 Å². The van der Waals surface area contributed by atoms with Crippen molar-refractivity contribution in [1.29, 1.82) is 0 Å². The van der Waals surface area contributed by atoms with Crippen LogP contribution in [0.1, 0.15) is 81.7 Å². The lowest BCUT2D eigenvalue weighted by molar-refractivity contribution is -0.137. The maximum atomic E-state index is 11.7. The number of carboxylic acid groups (broad SMARTS) is 1. The summed E-state index contributed by atoms with van der Waals surface area (Å²) >= 11 is 0. The molecule has 0 radical (unpaired) electrons. The molecule has 0 aliphatic heterocycles. The molecule has 0 aliphatic carbocycles. The number of rotatable bonds is 14. The van der Waals surface area contributed by atoms with Crippen molar-refractivity contribution in [2.75, 3.05) is 0 Å². The lowest BCUT2D eigenvalue weighted by Crippen LogP contribution is -1.93. The van der Waals surface area contributed by atoms with Gasteiger partial charge in [-0.2, -0.15) is 0 Å². The Morgan fingerprint density at radius 2 is 1.67 bits per heavy atom. The standard InChI is InChI=1S/C18H30O3/c1-2-3-11-14-17(19)15-12-9-7-5-4-6-8-10-13-16-18(20)21/h7,9,12,15H,2-6,8,10-11,13-14,16H2,1H3,(H,20,21)/b9-7-,15-12+/i7D,9D,15D. The van der Waals surface area contributed by atoms with Gasteiger partial charge in [-0.05, 0) is 31.7 Å². The highest BCUT2D eigenvalue weighted by Gasteiger charge is 1.96. The number of hydrogen-bond acceptors (Lipinski definition) is 2. The van der Waals surface area contributed by atoms with Gasteiger partial charge in [-0.3, -0.25) is 9.59 Å². The molecule has 0 fully saturated rings. The molecule has 0 amide bonds. The fraction of sp³-hybridized carbons (Fsp3) is 0.667. The predicted octanol–water partition coefficient (Wildman–Crippen LogP) is 5.06. The largest absolute Gasteiger partial charge is 0.481 e. The van der Waals surface area contributed by atoms with E-state index in [1.165, 1.54) is 6.08 Å². The van der Waals surface area contributed by atoms with Crippen molar-refractivity contribution in [3.8, 4) is 0 Å². The Bertz CT molecular complexity index is 456. The summed E-state index contributed by atoms with van der Waals surface area (Å²) in [5.74, 6) is -1.04. The second-order valence-corrected chi connectivity index (χ2v) is 5.15. The minimum absolute atomic E-state index is 0.0604. The highest BCUT2D eigenvalue weighted by Crippen LogP contribution is 2.07. The molecule has 0 saturated carbocycles. The van der Waals surface area contributed by atoms with Crippen LogP contribution in [-0.4, -0.2) is 16.9 Å². The molecule has 0 aliphatic rings. The summed E-state index contributed by atoms with van der Waals surface area (Å²) in [7, 11) is 0.